The third kappa shape index (κ3) is 4.38. The van der Waals surface area contributed by atoms with Crippen LogP contribution in [0, 0.1) is 11.6 Å². The first kappa shape index (κ1) is 19.8. The average molecular weight is 406 g/mol. The van der Waals surface area contributed by atoms with E-state index in [0.29, 0.717) is 19.4 Å². The molecule has 4 rings (SSSR count). The summed E-state index contributed by atoms with van der Waals surface area (Å²) in [5.41, 5.74) is 3.83. The number of hydrogen-bond donors (Lipinski definition) is 1. The number of halogens is 2. The number of aryl methyl sites for hydroxylation is 2. The third-order valence-electron chi connectivity index (χ3n) is 5.13. The van der Waals surface area contributed by atoms with Crippen LogP contribution in [-0.2, 0) is 19.4 Å². The number of carboxylic acid groups (broad SMARTS) is 1. The normalized spacial score (nSPS) is 11.1. The van der Waals surface area contributed by atoms with Gasteiger partial charge in [-0.05, 0) is 72.9 Å². The number of nitrogens with zero attached hydrogens (tertiary/aromatic N) is 2. The summed E-state index contributed by atoms with van der Waals surface area (Å²) >= 11 is 0. The van der Waals surface area contributed by atoms with Gasteiger partial charge in [-0.3, -0.25) is 4.98 Å². The second-order valence-corrected chi connectivity index (χ2v) is 7.26. The molecule has 4 aromatic rings. The molecule has 0 spiro atoms. The molecule has 0 aliphatic carbocycles. The van der Waals surface area contributed by atoms with Gasteiger partial charge in [-0.1, -0.05) is 12.1 Å². The molecule has 0 saturated carbocycles. The zero-order valence-corrected chi connectivity index (χ0v) is 16.2. The van der Waals surface area contributed by atoms with E-state index in [4.69, 9.17) is 5.11 Å². The summed E-state index contributed by atoms with van der Waals surface area (Å²) in [7, 11) is 0. The van der Waals surface area contributed by atoms with Crippen molar-refractivity contribution in [2.75, 3.05) is 0 Å². The molecule has 2 aromatic carbocycles. The number of aromatic carboxylic acids is 1. The molecular formula is C24H20F2N2O2. The highest BCUT2D eigenvalue weighted by Crippen LogP contribution is 2.25. The van der Waals surface area contributed by atoms with Crippen LogP contribution in [-0.4, -0.2) is 20.6 Å². The van der Waals surface area contributed by atoms with Crippen molar-refractivity contribution in [3.05, 3.63) is 101 Å². The Kier molecular flexibility index (Phi) is 5.57. The van der Waals surface area contributed by atoms with E-state index >= 15 is 0 Å². The van der Waals surface area contributed by atoms with Gasteiger partial charge in [0.1, 0.15) is 11.6 Å². The van der Waals surface area contributed by atoms with Gasteiger partial charge in [0.2, 0.25) is 0 Å². The first-order valence-corrected chi connectivity index (χ1v) is 9.69. The summed E-state index contributed by atoms with van der Waals surface area (Å²) < 4.78 is 29.1. The highest BCUT2D eigenvalue weighted by Gasteiger charge is 2.11. The highest BCUT2D eigenvalue weighted by atomic mass is 19.1. The van der Waals surface area contributed by atoms with Crippen LogP contribution in [0.25, 0.3) is 10.9 Å². The van der Waals surface area contributed by atoms with Gasteiger partial charge in [0.25, 0.3) is 0 Å². The molecule has 6 heteroatoms. The second kappa shape index (κ2) is 8.45. The number of aromatic nitrogens is 2. The monoisotopic (exact) mass is 406 g/mol. The van der Waals surface area contributed by atoms with Crippen LogP contribution >= 0.6 is 0 Å². The van der Waals surface area contributed by atoms with E-state index in [1.807, 2.05) is 10.8 Å². The molecule has 0 aliphatic heterocycles. The lowest BCUT2D eigenvalue weighted by molar-refractivity contribution is 0.0696. The van der Waals surface area contributed by atoms with Crippen LogP contribution in [0.3, 0.4) is 0 Å². The van der Waals surface area contributed by atoms with E-state index in [-0.39, 0.29) is 17.2 Å². The van der Waals surface area contributed by atoms with Gasteiger partial charge in [0.05, 0.1) is 5.56 Å². The fraction of sp³-hybridized carbons (Fsp3) is 0.167. The van der Waals surface area contributed by atoms with Gasteiger partial charge >= 0.3 is 5.97 Å². The summed E-state index contributed by atoms with van der Waals surface area (Å²) in [6.07, 6.45) is 5.59. The predicted octanol–water partition coefficient (Wildman–Crippen LogP) is 5.24. The number of carbonyl (C=O) groups is 1. The Morgan fingerprint density at radius 1 is 0.967 bits per heavy atom. The molecule has 0 atom stereocenters. The zero-order valence-electron chi connectivity index (χ0n) is 16.2. The molecule has 1 N–H and O–H groups in total. The smallest absolute Gasteiger partial charge is 0.335 e. The van der Waals surface area contributed by atoms with Crippen LogP contribution in [0.4, 0.5) is 8.78 Å². The maximum Gasteiger partial charge on any atom is 0.335 e. The minimum Gasteiger partial charge on any atom is -0.478 e. The Morgan fingerprint density at radius 2 is 1.73 bits per heavy atom. The molecule has 4 nitrogen and oxygen atoms in total. The Bertz CT molecular complexity index is 1200. The maximum absolute atomic E-state index is 13.9. The summed E-state index contributed by atoms with van der Waals surface area (Å²) in [6, 6.07) is 14.1. The largest absolute Gasteiger partial charge is 0.478 e. The Labute approximate surface area is 172 Å². The van der Waals surface area contributed by atoms with Gasteiger partial charge in [0, 0.05) is 35.5 Å². The molecule has 2 heterocycles. The quantitative estimate of drug-likeness (QED) is 0.457. The minimum absolute atomic E-state index is 0.220. The van der Waals surface area contributed by atoms with E-state index in [1.165, 1.54) is 36.5 Å². The predicted molar refractivity (Wildman–Crippen MR) is 111 cm³/mol. The van der Waals surface area contributed by atoms with E-state index < -0.39 is 5.97 Å². The van der Waals surface area contributed by atoms with E-state index in [9.17, 15) is 13.6 Å². The average Bonchev–Trinajstić information content (AvgIpc) is 3.06. The van der Waals surface area contributed by atoms with Gasteiger partial charge in [-0.25, -0.2) is 13.6 Å². The van der Waals surface area contributed by atoms with Crippen LogP contribution < -0.4 is 0 Å². The third-order valence-corrected chi connectivity index (χ3v) is 5.13. The van der Waals surface area contributed by atoms with E-state index in [1.54, 1.807) is 24.3 Å². The van der Waals surface area contributed by atoms with Gasteiger partial charge in [-0.2, -0.15) is 0 Å². The lowest BCUT2D eigenvalue weighted by Gasteiger charge is -2.05. The maximum atomic E-state index is 13.9. The topological polar surface area (TPSA) is 55.1 Å². The molecule has 0 fully saturated rings. The summed E-state index contributed by atoms with van der Waals surface area (Å²) in [5, 5.41) is 9.96. The summed E-state index contributed by atoms with van der Waals surface area (Å²) in [5.74, 6) is -1.54. The molecule has 0 amide bonds. The number of rotatable bonds is 7. The van der Waals surface area contributed by atoms with Gasteiger partial charge < -0.3 is 9.67 Å². The minimum atomic E-state index is -0.974. The van der Waals surface area contributed by atoms with Crippen molar-refractivity contribution < 1.29 is 18.7 Å². The SMILES string of the molecule is O=C(O)c1ccnc(CCCc2cn(Cc3ccc(F)cc3)c3ccc(F)cc23)c1. The standard InChI is InChI=1S/C24H20F2N2O2/c25-19-6-4-16(5-7-19)14-28-15-18(22-13-20(26)8-9-23(22)28)2-1-3-21-12-17(24(29)30)10-11-27-21/h4-13,15H,1-3,14H2,(H,29,30). The van der Waals surface area contributed by atoms with Crippen LogP contribution in [0.5, 0.6) is 0 Å². The molecular weight excluding hydrogens is 386 g/mol. The van der Waals surface area contributed by atoms with Crippen LogP contribution in [0.15, 0.2) is 67.0 Å². The van der Waals surface area contributed by atoms with Crippen molar-refractivity contribution >= 4 is 16.9 Å². The van der Waals surface area contributed by atoms with Gasteiger partial charge in [-0.15, -0.1) is 0 Å². The molecule has 0 saturated heterocycles. The fourth-order valence-electron chi connectivity index (χ4n) is 3.67. The molecule has 0 bridgehead atoms. The number of pyridine rings is 1. The first-order chi connectivity index (χ1) is 14.5. The van der Waals surface area contributed by atoms with Gasteiger partial charge in [0.15, 0.2) is 0 Å². The van der Waals surface area contributed by atoms with Crippen LogP contribution in [0.2, 0.25) is 0 Å². The Hall–Kier alpha value is -3.54. The molecule has 0 radical (unpaired) electrons. The van der Waals surface area contributed by atoms with Crippen molar-refractivity contribution in [2.24, 2.45) is 0 Å². The fourth-order valence-corrected chi connectivity index (χ4v) is 3.67. The molecule has 0 aliphatic rings. The first-order valence-electron chi connectivity index (χ1n) is 9.69. The van der Waals surface area contributed by atoms with Crippen molar-refractivity contribution in [1.29, 1.82) is 0 Å². The number of carboxylic acids is 1. The number of benzene rings is 2. The Balaban J connectivity index is 1.54. The molecule has 152 valence electrons. The lowest BCUT2D eigenvalue weighted by Crippen LogP contribution is -2.00. The van der Waals surface area contributed by atoms with E-state index in [2.05, 4.69) is 4.98 Å². The van der Waals surface area contributed by atoms with Crippen molar-refractivity contribution in [1.82, 2.24) is 9.55 Å². The zero-order chi connectivity index (χ0) is 21.1. The number of hydrogen-bond acceptors (Lipinski definition) is 2. The number of fused-ring (bicyclic) bond motifs is 1. The highest BCUT2D eigenvalue weighted by molar-refractivity contribution is 5.87. The lowest BCUT2D eigenvalue weighted by atomic mass is 10.1. The Morgan fingerprint density at radius 3 is 2.50 bits per heavy atom. The molecule has 30 heavy (non-hydrogen) atoms. The van der Waals surface area contributed by atoms with Crippen molar-refractivity contribution in [2.45, 2.75) is 25.8 Å². The van der Waals surface area contributed by atoms with Crippen molar-refractivity contribution in [3.8, 4) is 0 Å². The summed E-state index contributed by atoms with van der Waals surface area (Å²) in [6.45, 7) is 0.560. The van der Waals surface area contributed by atoms with Crippen LogP contribution in [0.1, 0.15) is 33.6 Å². The summed E-state index contributed by atoms with van der Waals surface area (Å²) in [4.78, 5) is 15.3. The molecule has 2 aromatic heterocycles. The van der Waals surface area contributed by atoms with Crippen molar-refractivity contribution in [3.63, 3.8) is 0 Å². The second-order valence-electron chi connectivity index (χ2n) is 7.26. The molecule has 0 unspecified atom stereocenters. The van der Waals surface area contributed by atoms with E-state index in [0.717, 1.165) is 34.1 Å².